The molecule has 3 atom stereocenters. The first-order valence-electron chi connectivity index (χ1n) is 11.6. The van der Waals surface area contributed by atoms with Crippen LogP contribution in [0.4, 0.5) is 4.79 Å². The molecule has 0 aromatic rings. The van der Waals surface area contributed by atoms with E-state index in [2.05, 4.69) is 12.2 Å². The Kier molecular flexibility index (Phi) is 14.5. The lowest BCUT2D eigenvalue weighted by atomic mass is 9.92. The maximum absolute atomic E-state index is 12.3. The minimum absolute atomic E-state index is 0.0215. The van der Waals surface area contributed by atoms with Gasteiger partial charge < -0.3 is 19.0 Å². The lowest BCUT2D eigenvalue weighted by Gasteiger charge is -2.43. The zero-order valence-electron chi connectivity index (χ0n) is 19.6. The quantitative estimate of drug-likeness (QED) is 0.193. The summed E-state index contributed by atoms with van der Waals surface area (Å²) in [6.45, 7) is 3.93. The third-order valence-electron chi connectivity index (χ3n) is 5.91. The molecule has 1 aliphatic rings. The summed E-state index contributed by atoms with van der Waals surface area (Å²) in [5.74, 6) is 0.304. The summed E-state index contributed by atoms with van der Waals surface area (Å²) in [4.78, 5) is 25.0. The Balaban J connectivity index is 2.24. The highest BCUT2D eigenvalue weighted by molar-refractivity contribution is 5.75. The number of rotatable bonds is 15. The van der Waals surface area contributed by atoms with Crippen molar-refractivity contribution >= 4 is 11.9 Å². The van der Waals surface area contributed by atoms with Gasteiger partial charge in [0.2, 0.25) is 0 Å². The highest BCUT2D eigenvalue weighted by Gasteiger charge is 2.38. The molecule has 1 rings (SSSR count). The normalized spacial score (nSPS) is 21.9. The van der Waals surface area contributed by atoms with Crippen LogP contribution in [0.1, 0.15) is 90.9 Å². The van der Waals surface area contributed by atoms with Crippen molar-refractivity contribution in [2.24, 2.45) is 0 Å². The number of nitrogens with zero attached hydrogens (tertiary/aromatic N) is 1. The average molecular weight is 426 g/mol. The van der Waals surface area contributed by atoms with Crippen LogP contribution in [0, 0.1) is 0 Å². The summed E-state index contributed by atoms with van der Waals surface area (Å²) in [5.41, 5.74) is 0. The van der Waals surface area contributed by atoms with E-state index in [0.29, 0.717) is 5.78 Å². The fourth-order valence-corrected chi connectivity index (χ4v) is 4.17. The topological polar surface area (TPSA) is 65.1 Å². The Hall–Kier alpha value is -1.40. The Morgan fingerprint density at radius 2 is 1.63 bits per heavy atom. The fraction of sp³-hybridized carbons (Fsp3) is 0.833. The molecule has 0 aliphatic carbocycles. The Morgan fingerprint density at radius 3 is 2.27 bits per heavy atom. The zero-order chi connectivity index (χ0) is 22.2. The van der Waals surface area contributed by atoms with Crippen LogP contribution in [0.5, 0.6) is 0 Å². The van der Waals surface area contributed by atoms with Crippen molar-refractivity contribution in [3.63, 3.8) is 0 Å². The molecule has 0 N–H and O–H groups in total. The Labute approximate surface area is 183 Å². The van der Waals surface area contributed by atoms with E-state index in [4.69, 9.17) is 14.2 Å². The van der Waals surface area contributed by atoms with Crippen molar-refractivity contribution in [1.82, 2.24) is 4.90 Å². The van der Waals surface area contributed by atoms with Gasteiger partial charge in [-0.25, -0.2) is 4.79 Å². The lowest BCUT2D eigenvalue weighted by molar-refractivity contribution is -0.117. The molecule has 0 unspecified atom stereocenters. The number of ether oxygens (including phenoxy) is 3. The van der Waals surface area contributed by atoms with Crippen LogP contribution >= 0.6 is 0 Å². The van der Waals surface area contributed by atoms with Crippen molar-refractivity contribution in [3.8, 4) is 0 Å². The smallest absolute Gasteiger partial charge is 0.410 e. The van der Waals surface area contributed by atoms with Gasteiger partial charge in [-0.2, -0.15) is 0 Å². The summed E-state index contributed by atoms with van der Waals surface area (Å²) in [7, 11) is 3.04. The van der Waals surface area contributed by atoms with Crippen LogP contribution in [0.2, 0.25) is 0 Å². The highest BCUT2D eigenvalue weighted by Crippen LogP contribution is 2.28. The number of piperidine rings is 1. The number of carbonyl (C=O) groups excluding carboxylic acids is 2. The molecule has 30 heavy (non-hydrogen) atoms. The van der Waals surface area contributed by atoms with E-state index in [9.17, 15) is 9.59 Å². The van der Waals surface area contributed by atoms with E-state index in [-0.39, 0.29) is 31.1 Å². The van der Waals surface area contributed by atoms with Gasteiger partial charge in [-0.1, -0.05) is 44.3 Å². The predicted molar refractivity (Wildman–Crippen MR) is 119 cm³/mol. The molecular weight excluding hydrogens is 382 g/mol. The molecule has 0 bridgehead atoms. The van der Waals surface area contributed by atoms with E-state index in [0.717, 1.165) is 38.5 Å². The van der Waals surface area contributed by atoms with Crippen molar-refractivity contribution in [2.75, 3.05) is 21.0 Å². The summed E-state index contributed by atoms with van der Waals surface area (Å²) < 4.78 is 15.8. The second-order valence-electron chi connectivity index (χ2n) is 8.38. The molecule has 0 aromatic heterocycles. The minimum Gasteiger partial charge on any atom is -0.453 e. The second-order valence-corrected chi connectivity index (χ2v) is 8.38. The maximum Gasteiger partial charge on any atom is 0.410 e. The van der Waals surface area contributed by atoms with Crippen molar-refractivity contribution in [2.45, 2.75) is 109 Å². The van der Waals surface area contributed by atoms with Gasteiger partial charge >= 0.3 is 6.09 Å². The molecular formula is C24H43NO5. The van der Waals surface area contributed by atoms with Gasteiger partial charge in [-0.3, -0.25) is 4.90 Å². The number of unbranched alkanes of at least 4 members (excludes halogenated alkanes) is 7. The van der Waals surface area contributed by atoms with Crippen LogP contribution in [0.15, 0.2) is 12.2 Å². The largest absolute Gasteiger partial charge is 0.453 e. The van der Waals surface area contributed by atoms with Crippen LogP contribution in [0.25, 0.3) is 0 Å². The van der Waals surface area contributed by atoms with Gasteiger partial charge in [-0.05, 0) is 52.4 Å². The maximum atomic E-state index is 12.3. The number of allylic oxidation sites excluding steroid dienone is 1. The molecule has 1 amide bonds. The summed E-state index contributed by atoms with van der Waals surface area (Å²) in [6.07, 6.45) is 17.1. The van der Waals surface area contributed by atoms with Crippen LogP contribution in [-0.4, -0.2) is 56.0 Å². The molecule has 6 nitrogen and oxygen atoms in total. The van der Waals surface area contributed by atoms with Crippen molar-refractivity contribution in [3.05, 3.63) is 12.2 Å². The third kappa shape index (κ3) is 10.6. The van der Waals surface area contributed by atoms with Gasteiger partial charge in [0.15, 0.2) is 0 Å². The molecule has 0 aromatic carbocycles. The van der Waals surface area contributed by atoms with Gasteiger partial charge in [0, 0.05) is 19.6 Å². The third-order valence-corrected chi connectivity index (χ3v) is 5.91. The Morgan fingerprint density at radius 1 is 0.967 bits per heavy atom. The average Bonchev–Trinajstić information content (AvgIpc) is 2.73. The number of amides is 1. The number of likely N-dealkylation sites (tertiary alicyclic amines) is 1. The monoisotopic (exact) mass is 425 g/mol. The number of Topliss-reactive ketones (excluding diaryl/α,β-unsaturated/α-hetero) is 1. The fourth-order valence-electron chi connectivity index (χ4n) is 4.17. The highest BCUT2D eigenvalue weighted by atomic mass is 16.7. The molecule has 0 spiro atoms. The number of hydrogen-bond donors (Lipinski definition) is 0. The molecule has 1 fully saturated rings. The molecule has 1 aliphatic heterocycles. The minimum atomic E-state index is -0.282. The van der Waals surface area contributed by atoms with Gasteiger partial charge in [0.25, 0.3) is 0 Å². The number of ketones is 1. The van der Waals surface area contributed by atoms with Crippen LogP contribution < -0.4 is 0 Å². The number of methoxy groups -OCH3 is 2. The first-order chi connectivity index (χ1) is 14.5. The predicted octanol–water partition coefficient (Wildman–Crippen LogP) is 5.64. The Bertz CT molecular complexity index is 508. The van der Waals surface area contributed by atoms with Gasteiger partial charge in [-0.15, -0.1) is 0 Å². The lowest BCUT2D eigenvalue weighted by Crippen LogP contribution is -2.55. The first-order valence-corrected chi connectivity index (χ1v) is 11.6. The molecule has 1 heterocycles. The molecule has 6 heteroatoms. The second kappa shape index (κ2) is 16.3. The van der Waals surface area contributed by atoms with Crippen LogP contribution in [-0.2, 0) is 19.0 Å². The zero-order valence-corrected chi connectivity index (χ0v) is 19.6. The summed E-state index contributed by atoms with van der Waals surface area (Å²) in [5, 5.41) is 0. The van der Waals surface area contributed by atoms with Crippen molar-refractivity contribution < 1.29 is 23.8 Å². The van der Waals surface area contributed by atoms with Crippen LogP contribution in [0.3, 0.4) is 0 Å². The van der Waals surface area contributed by atoms with E-state index < -0.39 is 0 Å². The van der Waals surface area contributed by atoms with Crippen molar-refractivity contribution in [1.29, 1.82) is 0 Å². The standard InChI is InChI=1S/C24H43NO5/c1-20(26)15-13-11-9-7-5-6-8-10-12-14-16-22-17-18-23(30-19-28-3)21(2)25(22)24(27)29-4/h12,14,21-23H,5-11,13,15-19H2,1-4H3/b14-12+/t21-,22+,23-/m0/s1. The summed E-state index contributed by atoms with van der Waals surface area (Å²) >= 11 is 0. The molecule has 1 saturated heterocycles. The molecule has 174 valence electrons. The first kappa shape index (κ1) is 26.6. The molecule has 0 saturated carbocycles. The summed E-state index contributed by atoms with van der Waals surface area (Å²) in [6, 6.07) is 0.122. The van der Waals surface area contributed by atoms with E-state index in [1.54, 1.807) is 14.0 Å². The van der Waals surface area contributed by atoms with E-state index >= 15 is 0 Å². The number of hydrogen-bond acceptors (Lipinski definition) is 5. The molecule has 0 radical (unpaired) electrons. The van der Waals surface area contributed by atoms with Gasteiger partial charge in [0.1, 0.15) is 12.6 Å². The SMILES string of the molecule is COCO[C@H]1CC[C@@H](C/C=C/CCCCCCCCCC(C)=O)N(C(=O)OC)[C@H]1C. The van der Waals surface area contributed by atoms with Gasteiger partial charge in [0.05, 0.1) is 19.3 Å². The number of carbonyl (C=O) groups is 2. The van der Waals surface area contributed by atoms with E-state index in [1.807, 2.05) is 11.8 Å². The van der Waals surface area contributed by atoms with E-state index in [1.165, 1.54) is 45.6 Å².